The number of carbonyl (C=O) groups excluding carboxylic acids is 3. The topological polar surface area (TPSA) is 149 Å². The second kappa shape index (κ2) is 9.66. The molecule has 0 spiro atoms. The summed E-state index contributed by atoms with van der Waals surface area (Å²) >= 11 is 0. The van der Waals surface area contributed by atoms with Gasteiger partial charge in [0.2, 0.25) is 6.79 Å². The number of hydrogen-bond donors (Lipinski definition) is 1. The van der Waals surface area contributed by atoms with E-state index in [0.29, 0.717) is 17.1 Å². The Morgan fingerprint density at radius 2 is 1.69 bits per heavy atom. The molecule has 2 aliphatic heterocycles. The van der Waals surface area contributed by atoms with Crippen molar-refractivity contribution in [2.75, 3.05) is 13.4 Å². The van der Waals surface area contributed by atoms with Gasteiger partial charge in [-0.05, 0) is 23.8 Å². The molecule has 0 amide bonds. The summed E-state index contributed by atoms with van der Waals surface area (Å²) in [6.45, 7) is 3.22. The molecule has 12 nitrogen and oxygen atoms in total. The van der Waals surface area contributed by atoms with Crippen molar-refractivity contribution in [2.24, 2.45) is 0 Å². The monoisotopic (exact) mass is 489 g/mol. The van der Waals surface area contributed by atoms with Crippen molar-refractivity contribution in [2.45, 2.75) is 45.3 Å². The van der Waals surface area contributed by atoms with Gasteiger partial charge < -0.3 is 33.5 Å². The lowest BCUT2D eigenvalue weighted by Gasteiger charge is -2.24. The number of esters is 3. The fourth-order valence-corrected chi connectivity index (χ4v) is 3.98. The molecule has 186 valence electrons. The van der Waals surface area contributed by atoms with Crippen molar-refractivity contribution < 1.29 is 47.9 Å². The lowest BCUT2D eigenvalue weighted by atomic mass is 10.1. The Morgan fingerprint density at radius 3 is 2.37 bits per heavy atom. The normalized spacial score (nSPS) is 22.5. The van der Waals surface area contributed by atoms with E-state index in [9.17, 15) is 24.3 Å². The molecule has 1 fully saturated rings. The van der Waals surface area contributed by atoms with E-state index in [-0.39, 0.29) is 24.7 Å². The molecular weight excluding hydrogens is 466 g/mol. The van der Waals surface area contributed by atoms with E-state index >= 15 is 0 Å². The third-order valence-electron chi connectivity index (χ3n) is 5.37. The maximum absolute atomic E-state index is 13.5. The van der Waals surface area contributed by atoms with Crippen LogP contribution in [0.4, 0.5) is 0 Å². The van der Waals surface area contributed by atoms with Crippen LogP contribution in [-0.2, 0) is 33.3 Å². The summed E-state index contributed by atoms with van der Waals surface area (Å²) < 4.78 is 33.4. The van der Waals surface area contributed by atoms with Gasteiger partial charge in [-0.25, -0.2) is 0 Å². The minimum atomic E-state index is -1.26. The van der Waals surface area contributed by atoms with Gasteiger partial charge in [-0.1, -0.05) is 6.07 Å². The molecule has 0 aliphatic carbocycles. The molecule has 1 saturated heterocycles. The molecule has 4 rings (SSSR count). The summed E-state index contributed by atoms with van der Waals surface area (Å²) in [6, 6.07) is 6.01. The second-order valence-corrected chi connectivity index (χ2v) is 7.87. The van der Waals surface area contributed by atoms with Gasteiger partial charge in [0.05, 0.1) is 5.56 Å². The minimum absolute atomic E-state index is 0.0328. The van der Waals surface area contributed by atoms with E-state index in [1.165, 1.54) is 19.2 Å². The Bertz CT molecular complexity index is 1220. The van der Waals surface area contributed by atoms with E-state index in [1.54, 1.807) is 18.2 Å². The SMILES string of the molecule is CC(=O)OCC1OC(n2ccc(O)c(-c3ccc4c(c3)OCO4)c2=O)C(OC(C)=O)C1OC(C)=O. The van der Waals surface area contributed by atoms with Gasteiger partial charge in [0.1, 0.15) is 18.5 Å². The molecule has 4 unspecified atom stereocenters. The number of benzene rings is 1. The first-order valence-corrected chi connectivity index (χ1v) is 10.6. The first kappa shape index (κ1) is 24.1. The molecule has 2 aliphatic rings. The van der Waals surface area contributed by atoms with Crippen molar-refractivity contribution in [3.05, 3.63) is 40.8 Å². The molecule has 2 aromatic rings. The van der Waals surface area contributed by atoms with Gasteiger partial charge >= 0.3 is 17.9 Å². The summed E-state index contributed by atoms with van der Waals surface area (Å²) in [7, 11) is 0. The molecule has 1 N–H and O–H groups in total. The second-order valence-electron chi connectivity index (χ2n) is 7.87. The lowest BCUT2D eigenvalue weighted by Crippen LogP contribution is -2.41. The molecule has 1 aromatic carbocycles. The Kier molecular flexibility index (Phi) is 6.65. The number of nitrogens with zero attached hydrogens (tertiary/aromatic N) is 1. The summed E-state index contributed by atoms with van der Waals surface area (Å²) in [5.41, 5.74) is -0.398. The predicted molar refractivity (Wildman–Crippen MR) is 116 cm³/mol. The predicted octanol–water partition coefficient (Wildman–Crippen LogP) is 1.27. The lowest BCUT2D eigenvalue weighted by molar-refractivity contribution is -0.166. The van der Waals surface area contributed by atoms with Crippen LogP contribution in [0.15, 0.2) is 35.3 Å². The average Bonchev–Trinajstić information content (AvgIpc) is 3.37. The number of pyridine rings is 1. The standard InChI is InChI=1S/C23H23NO11/c1-11(25)30-9-18-20(33-12(2)26)21(34-13(3)27)23(35-18)24-7-6-15(28)19(22(24)29)14-4-5-16-17(8-14)32-10-31-16/h4-8,18,20-21,23,28H,9-10H2,1-3H3. The van der Waals surface area contributed by atoms with Gasteiger partial charge in [0.15, 0.2) is 29.9 Å². The van der Waals surface area contributed by atoms with E-state index < -0.39 is 48.0 Å². The molecule has 3 heterocycles. The summed E-state index contributed by atoms with van der Waals surface area (Å²) in [5.74, 6) is -1.41. The van der Waals surface area contributed by atoms with E-state index in [2.05, 4.69) is 0 Å². The maximum Gasteiger partial charge on any atom is 0.303 e. The minimum Gasteiger partial charge on any atom is -0.507 e. The van der Waals surface area contributed by atoms with E-state index in [1.807, 2.05) is 0 Å². The molecule has 0 bridgehead atoms. The molecule has 4 atom stereocenters. The first-order chi connectivity index (χ1) is 16.7. The van der Waals surface area contributed by atoms with Crippen LogP contribution in [0.1, 0.15) is 27.0 Å². The Morgan fingerprint density at radius 1 is 1.00 bits per heavy atom. The highest BCUT2D eigenvalue weighted by Gasteiger charge is 2.51. The summed E-state index contributed by atoms with van der Waals surface area (Å²) in [6.07, 6.45) is -3.45. The van der Waals surface area contributed by atoms with Crippen LogP contribution in [0.25, 0.3) is 11.1 Å². The van der Waals surface area contributed by atoms with Gasteiger partial charge in [0, 0.05) is 27.0 Å². The van der Waals surface area contributed by atoms with Crippen LogP contribution in [0, 0.1) is 0 Å². The Hall–Kier alpha value is -4.06. The van der Waals surface area contributed by atoms with Crippen molar-refractivity contribution in [3.8, 4) is 28.4 Å². The number of aromatic nitrogens is 1. The molecule has 0 radical (unpaired) electrons. The highest BCUT2D eigenvalue weighted by molar-refractivity contribution is 5.72. The number of ether oxygens (including phenoxy) is 6. The smallest absolute Gasteiger partial charge is 0.303 e. The van der Waals surface area contributed by atoms with Crippen LogP contribution >= 0.6 is 0 Å². The van der Waals surface area contributed by atoms with Crippen LogP contribution in [0.5, 0.6) is 17.2 Å². The highest BCUT2D eigenvalue weighted by Crippen LogP contribution is 2.38. The number of fused-ring (bicyclic) bond motifs is 1. The van der Waals surface area contributed by atoms with Crippen molar-refractivity contribution in [1.29, 1.82) is 0 Å². The quantitative estimate of drug-likeness (QED) is 0.462. The largest absolute Gasteiger partial charge is 0.507 e. The Balaban J connectivity index is 1.77. The maximum atomic E-state index is 13.5. The van der Waals surface area contributed by atoms with Gasteiger partial charge in [0.25, 0.3) is 5.56 Å². The molecule has 0 saturated carbocycles. The van der Waals surface area contributed by atoms with Gasteiger partial charge in [-0.15, -0.1) is 0 Å². The summed E-state index contributed by atoms with van der Waals surface area (Å²) in [4.78, 5) is 48.5. The van der Waals surface area contributed by atoms with E-state index in [4.69, 9.17) is 28.4 Å². The molecule has 35 heavy (non-hydrogen) atoms. The number of carbonyl (C=O) groups is 3. The fraction of sp³-hybridized carbons (Fsp3) is 0.391. The third-order valence-corrected chi connectivity index (χ3v) is 5.37. The highest BCUT2D eigenvalue weighted by atomic mass is 16.7. The number of hydrogen-bond acceptors (Lipinski definition) is 11. The van der Waals surface area contributed by atoms with Crippen molar-refractivity contribution >= 4 is 17.9 Å². The zero-order chi connectivity index (χ0) is 25.3. The fourth-order valence-electron chi connectivity index (χ4n) is 3.98. The average molecular weight is 489 g/mol. The van der Waals surface area contributed by atoms with Crippen LogP contribution in [0.2, 0.25) is 0 Å². The molecule has 1 aromatic heterocycles. The number of aromatic hydroxyl groups is 1. The van der Waals surface area contributed by atoms with Gasteiger partial charge in [-0.3, -0.25) is 23.7 Å². The van der Waals surface area contributed by atoms with E-state index in [0.717, 1.165) is 18.4 Å². The van der Waals surface area contributed by atoms with Gasteiger partial charge in [-0.2, -0.15) is 0 Å². The summed E-state index contributed by atoms with van der Waals surface area (Å²) in [5, 5.41) is 10.5. The number of rotatable bonds is 6. The zero-order valence-corrected chi connectivity index (χ0v) is 19.1. The van der Waals surface area contributed by atoms with Crippen molar-refractivity contribution in [1.82, 2.24) is 4.57 Å². The zero-order valence-electron chi connectivity index (χ0n) is 19.1. The Labute approximate surface area is 198 Å². The first-order valence-electron chi connectivity index (χ1n) is 10.6. The molecular formula is C23H23NO11. The van der Waals surface area contributed by atoms with Crippen LogP contribution in [0.3, 0.4) is 0 Å². The molecule has 12 heteroatoms. The van der Waals surface area contributed by atoms with Crippen LogP contribution < -0.4 is 15.0 Å². The van der Waals surface area contributed by atoms with Crippen LogP contribution in [-0.4, -0.2) is 59.3 Å². The third kappa shape index (κ3) is 4.92. The van der Waals surface area contributed by atoms with Crippen molar-refractivity contribution in [3.63, 3.8) is 0 Å².